The Balaban J connectivity index is 1.74. The van der Waals surface area contributed by atoms with Gasteiger partial charge in [-0.2, -0.15) is 5.10 Å². The van der Waals surface area contributed by atoms with Crippen LogP contribution >= 0.6 is 15.9 Å². The highest BCUT2D eigenvalue weighted by Crippen LogP contribution is 2.22. The van der Waals surface area contributed by atoms with Crippen LogP contribution in [0.5, 0.6) is 5.88 Å². The van der Waals surface area contributed by atoms with Gasteiger partial charge in [-0.1, -0.05) is 18.2 Å². The van der Waals surface area contributed by atoms with Crippen molar-refractivity contribution < 1.29 is 13.9 Å². The van der Waals surface area contributed by atoms with E-state index in [2.05, 4.69) is 36.5 Å². The summed E-state index contributed by atoms with van der Waals surface area (Å²) in [6.07, 6.45) is 1.66. The van der Waals surface area contributed by atoms with E-state index in [1.807, 2.05) is 0 Å². The smallest absolute Gasteiger partial charge is 0.275 e. The Morgan fingerprint density at radius 1 is 1.46 bits per heavy atom. The number of H-pyrrole nitrogens is 1. The largest absolute Gasteiger partial charge is 0.480 e. The SMILES string of the molecule is COc1cc(C(=O)Nc2nn(Cc3ccccc3F)cc2Br)[nH]n1. The van der Waals surface area contributed by atoms with Gasteiger partial charge in [0, 0.05) is 17.8 Å². The zero-order chi connectivity index (χ0) is 17.1. The lowest BCUT2D eigenvalue weighted by Gasteiger charge is -2.03. The Bertz CT molecular complexity index is 876. The van der Waals surface area contributed by atoms with Crippen LogP contribution in [0.15, 0.2) is 41.0 Å². The minimum absolute atomic E-state index is 0.238. The molecule has 0 spiro atoms. The average Bonchev–Trinajstić information content (AvgIpc) is 3.17. The number of amides is 1. The predicted molar refractivity (Wildman–Crippen MR) is 88.5 cm³/mol. The summed E-state index contributed by atoms with van der Waals surface area (Å²) in [5.74, 6) is -0.0869. The number of ether oxygens (including phenoxy) is 1. The number of carbonyl (C=O) groups excluding carboxylic acids is 1. The Morgan fingerprint density at radius 3 is 2.96 bits per heavy atom. The molecule has 1 amide bonds. The number of nitrogens with one attached hydrogen (secondary N) is 2. The second-order valence-corrected chi connectivity index (χ2v) is 5.75. The molecule has 0 aliphatic carbocycles. The Morgan fingerprint density at radius 2 is 2.25 bits per heavy atom. The maximum Gasteiger partial charge on any atom is 0.275 e. The third-order valence-corrected chi connectivity index (χ3v) is 3.83. The van der Waals surface area contributed by atoms with Gasteiger partial charge in [-0.05, 0) is 22.0 Å². The van der Waals surface area contributed by atoms with Gasteiger partial charge in [-0.3, -0.25) is 14.6 Å². The summed E-state index contributed by atoms with van der Waals surface area (Å²) in [5, 5.41) is 13.3. The first-order valence-corrected chi connectivity index (χ1v) is 7.73. The van der Waals surface area contributed by atoms with Gasteiger partial charge >= 0.3 is 0 Å². The van der Waals surface area contributed by atoms with Crippen LogP contribution in [0.1, 0.15) is 16.1 Å². The van der Waals surface area contributed by atoms with Gasteiger partial charge in [0.15, 0.2) is 5.82 Å². The van der Waals surface area contributed by atoms with Crippen molar-refractivity contribution in [1.82, 2.24) is 20.0 Å². The normalized spacial score (nSPS) is 10.6. The highest BCUT2D eigenvalue weighted by Gasteiger charge is 2.15. The van der Waals surface area contributed by atoms with Crippen LogP contribution in [-0.2, 0) is 6.54 Å². The average molecular weight is 394 g/mol. The molecule has 0 atom stereocenters. The third kappa shape index (κ3) is 3.46. The fourth-order valence-electron chi connectivity index (χ4n) is 2.06. The molecule has 0 fully saturated rings. The lowest BCUT2D eigenvalue weighted by molar-refractivity contribution is 0.102. The van der Waals surface area contributed by atoms with Crippen LogP contribution in [0.25, 0.3) is 0 Å². The summed E-state index contributed by atoms with van der Waals surface area (Å²) in [7, 11) is 1.46. The van der Waals surface area contributed by atoms with E-state index in [1.165, 1.54) is 23.9 Å². The molecule has 0 aliphatic rings. The van der Waals surface area contributed by atoms with Crippen molar-refractivity contribution in [2.75, 3.05) is 12.4 Å². The second kappa shape index (κ2) is 6.83. The van der Waals surface area contributed by atoms with E-state index in [0.29, 0.717) is 21.7 Å². The van der Waals surface area contributed by atoms with Crippen LogP contribution < -0.4 is 10.1 Å². The molecule has 7 nitrogen and oxygen atoms in total. The van der Waals surface area contributed by atoms with Gasteiger partial charge in [-0.15, -0.1) is 5.10 Å². The quantitative estimate of drug-likeness (QED) is 0.697. The number of hydrogen-bond donors (Lipinski definition) is 2. The van der Waals surface area contributed by atoms with E-state index in [4.69, 9.17) is 4.74 Å². The number of methoxy groups -OCH3 is 1. The number of carbonyl (C=O) groups is 1. The van der Waals surface area contributed by atoms with Gasteiger partial charge in [0.25, 0.3) is 5.91 Å². The van der Waals surface area contributed by atoms with Gasteiger partial charge in [0.2, 0.25) is 5.88 Å². The van der Waals surface area contributed by atoms with Gasteiger partial charge in [0.05, 0.1) is 18.1 Å². The first-order chi connectivity index (χ1) is 11.6. The molecule has 9 heteroatoms. The molecule has 0 radical (unpaired) electrons. The van der Waals surface area contributed by atoms with Crippen LogP contribution in [0.2, 0.25) is 0 Å². The van der Waals surface area contributed by atoms with E-state index in [0.717, 1.165) is 0 Å². The molecule has 1 aromatic carbocycles. The van der Waals surface area contributed by atoms with E-state index in [-0.39, 0.29) is 18.1 Å². The van der Waals surface area contributed by atoms with Gasteiger partial charge in [-0.25, -0.2) is 4.39 Å². The van der Waals surface area contributed by atoms with Crippen molar-refractivity contribution in [2.24, 2.45) is 0 Å². The number of anilines is 1. The van der Waals surface area contributed by atoms with Crippen molar-refractivity contribution in [1.29, 1.82) is 0 Å². The number of benzene rings is 1. The van der Waals surface area contributed by atoms with Crippen molar-refractivity contribution in [3.8, 4) is 5.88 Å². The predicted octanol–water partition coefficient (Wildman–Crippen LogP) is 2.82. The van der Waals surface area contributed by atoms with Crippen molar-refractivity contribution >= 4 is 27.7 Å². The number of aromatic amines is 1. The molecule has 2 N–H and O–H groups in total. The molecule has 124 valence electrons. The van der Waals surface area contributed by atoms with E-state index in [1.54, 1.807) is 24.4 Å². The maximum atomic E-state index is 13.7. The van der Waals surface area contributed by atoms with E-state index >= 15 is 0 Å². The van der Waals surface area contributed by atoms with E-state index in [9.17, 15) is 9.18 Å². The molecule has 2 aromatic heterocycles. The minimum Gasteiger partial charge on any atom is -0.480 e. The zero-order valence-electron chi connectivity index (χ0n) is 12.6. The lowest BCUT2D eigenvalue weighted by atomic mass is 10.2. The molecule has 3 aromatic rings. The number of nitrogens with zero attached hydrogens (tertiary/aromatic N) is 3. The molecule has 24 heavy (non-hydrogen) atoms. The number of aromatic nitrogens is 4. The summed E-state index contributed by atoms with van der Waals surface area (Å²) in [5.41, 5.74) is 0.742. The number of hydrogen-bond acceptors (Lipinski definition) is 4. The number of rotatable bonds is 5. The Kier molecular flexibility index (Phi) is 4.61. The van der Waals surface area contributed by atoms with Crippen molar-refractivity contribution in [3.05, 3.63) is 58.1 Å². The molecule has 0 saturated carbocycles. The standard InChI is InChI=1S/C15H13BrFN5O2/c1-24-13-6-12(19-20-13)15(23)18-14-10(16)8-22(21-14)7-9-4-2-3-5-11(9)17/h2-6,8H,7H2,1H3,(H,19,20)(H,18,21,23). The molecule has 0 bridgehead atoms. The van der Waals surface area contributed by atoms with Gasteiger partial charge in [0.1, 0.15) is 11.5 Å². The maximum absolute atomic E-state index is 13.7. The summed E-state index contributed by atoms with van der Waals surface area (Å²) < 4.78 is 20.7. The van der Waals surface area contributed by atoms with Crippen LogP contribution in [0.3, 0.4) is 0 Å². The van der Waals surface area contributed by atoms with Gasteiger partial charge < -0.3 is 10.1 Å². The minimum atomic E-state index is -0.414. The third-order valence-electron chi connectivity index (χ3n) is 3.25. The molecule has 0 aliphatic heterocycles. The number of halogens is 2. The molecule has 0 unspecified atom stereocenters. The topological polar surface area (TPSA) is 84.8 Å². The highest BCUT2D eigenvalue weighted by molar-refractivity contribution is 9.10. The molecule has 2 heterocycles. The summed E-state index contributed by atoms with van der Waals surface area (Å²) in [6.45, 7) is 0.249. The van der Waals surface area contributed by atoms with Crippen molar-refractivity contribution in [3.63, 3.8) is 0 Å². The first-order valence-electron chi connectivity index (χ1n) is 6.94. The fourth-order valence-corrected chi connectivity index (χ4v) is 2.48. The summed E-state index contributed by atoms with van der Waals surface area (Å²) in [4.78, 5) is 12.1. The highest BCUT2D eigenvalue weighted by atomic mass is 79.9. The second-order valence-electron chi connectivity index (χ2n) is 4.89. The summed E-state index contributed by atoms with van der Waals surface area (Å²) in [6, 6.07) is 7.93. The Labute approximate surface area is 145 Å². The first kappa shape index (κ1) is 16.2. The molecular formula is C15H13BrFN5O2. The van der Waals surface area contributed by atoms with E-state index < -0.39 is 5.91 Å². The van der Waals surface area contributed by atoms with Crippen LogP contribution in [0, 0.1) is 5.82 Å². The monoisotopic (exact) mass is 393 g/mol. The summed E-state index contributed by atoms with van der Waals surface area (Å²) >= 11 is 3.33. The molecule has 0 saturated heterocycles. The fraction of sp³-hybridized carbons (Fsp3) is 0.133. The molecular weight excluding hydrogens is 381 g/mol. The van der Waals surface area contributed by atoms with Crippen LogP contribution in [0.4, 0.5) is 10.2 Å². The van der Waals surface area contributed by atoms with Crippen LogP contribution in [-0.4, -0.2) is 33.0 Å². The zero-order valence-corrected chi connectivity index (χ0v) is 14.2. The van der Waals surface area contributed by atoms with Crippen molar-refractivity contribution in [2.45, 2.75) is 6.54 Å². The molecule has 3 rings (SSSR count). The lowest BCUT2D eigenvalue weighted by Crippen LogP contribution is -2.13. The Hall–Kier alpha value is -2.68.